The molecule has 0 unspecified atom stereocenters. The Morgan fingerprint density at radius 3 is 2.39 bits per heavy atom. The van der Waals surface area contributed by atoms with Gasteiger partial charge in [0.15, 0.2) is 0 Å². The molecule has 0 fully saturated rings. The minimum atomic E-state index is -4.57. The molecule has 33 heavy (non-hydrogen) atoms. The molecule has 0 aliphatic heterocycles. The van der Waals surface area contributed by atoms with Gasteiger partial charge in [-0.1, -0.05) is 23.7 Å². The summed E-state index contributed by atoms with van der Waals surface area (Å²) in [5, 5.41) is 5.27. The molecular formula is C23H16ClF3N4O2. The molecule has 3 aromatic carbocycles. The second-order valence-corrected chi connectivity index (χ2v) is 7.54. The van der Waals surface area contributed by atoms with E-state index >= 15 is 0 Å². The third kappa shape index (κ3) is 4.68. The fourth-order valence-corrected chi connectivity index (χ4v) is 3.49. The van der Waals surface area contributed by atoms with E-state index in [9.17, 15) is 22.8 Å². The molecule has 0 bridgehead atoms. The van der Waals surface area contributed by atoms with E-state index in [1.165, 1.54) is 4.57 Å². The number of alkyl halides is 3. The Kier molecular flexibility index (Phi) is 5.82. The van der Waals surface area contributed by atoms with Crippen LogP contribution >= 0.6 is 11.6 Å². The molecule has 0 spiro atoms. The first-order valence-electron chi connectivity index (χ1n) is 9.67. The predicted molar refractivity (Wildman–Crippen MR) is 121 cm³/mol. The number of hydrogen-bond acceptors (Lipinski definition) is 3. The number of aromatic nitrogens is 2. The molecule has 4 rings (SSSR count). The lowest BCUT2D eigenvalue weighted by Crippen LogP contribution is -2.22. The van der Waals surface area contributed by atoms with Gasteiger partial charge in [0.05, 0.1) is 32.9 Å². The van der Waals surface area contributed by atoms with Gasteiger partial charge in [0, 0.05) is 5.69 Å². The van der Waals surface area contributed by atoms with Crippen LogP contribution in [0.15, 0.2) is 71.5 Å². The quantitative estimate of drug-likeness (QED) is 0.383. The molecule has 0 saturated heterocycles. The zero-order valence-electron chi connectivity index (χ0n) is 17.1. The molecular weight excluding hydrogens is 457 g/mol. The highest BCUT2D eigenvalue weighted by Gasteiger charge is 2.31. The normalized spacial score (nSPS) is 11.4. The topological polar surface area (TPSA) is 76.0 Å². The van der Waals surface area contributed by atoms with E-state index in [0.717, 1.165) is 18.2 Å². The number of urea groups is 1. The van der Waals surface area contributed by atoms with Crippen LogP contribution in [0.4, 0.5) is 29.3 Å². The van der Waals surface area contributed by atoms with Crippen molar-refractivity contribution in [2.24, 2.45) is 0 Å². The van der Waals surface area contributed by atoms with E-state index < -0.39 is 17.8 Å². The van der Waals surface area contributed by atoms with Crippen LogP contribution in [0.3, 0.4) is 0 Å². The van der Waals surface area contributed by atoms with Crippen LogP contribution in [0, 0.1) is 6.92 Å². The molecule has 0 radical (unpaired) electrons. The molecule has 168 valence electrons. The van der Waals surface area contributed by atoms with E-state index in [1.807, 2.05) is 0 Å². The number of nitrogens with zero attached hydrogens (tertiary/aromatic N) is 2. The van der Waals surface area contributed by atoms with Crippen molar-refractivity contribution < 1.29 is 18.0 Å². The first-order valence-corrected chi connectivity index (χ1v) is 10.0. The Morgan fingerprint density at radius 1 is 1.00 bits per heavy atom. The number of fused-ring (bicyclic) bond motifs is 1. The zero-order chi connectivity index (χ0) is 23.8. The molecule has 4 aromatic rings. The van der Waals surface area contributed by atoms with Gasteiger partial charge in [0.2, 0.25) is 0 Å². The molecule has 6 nitrogen and oxygen atoms in total. The maximum atomic E-state index is 12.9. The third-order valence-electron chi connectivity index (χ3n) is 4.87. The Morgan fingerprint density at radius 2 is 1.70 bits per heavy atom. The van der Waals surface area contributed by atoms with Gasteiger partial charge in [-0.2, -0.15) is 13.2 Å². The average molecular weight is 473 g/mol. The van der Waals surface area contributed by atoms with Gasteiger partial charge >= 0.3 is 12.2 Å². The van der Waals surface area contributed by atoms with E-state index in [2.05, 4.69) is 15.6 Å². The van der Waals surface area contributed by atoms with Crippen molar-refractivity contribution in [3.63, 3.8) is 0 Å². The number of para-hydroxylation sites is 1. The number of anilines is 2. The summed E-state index contributed by atoms with van der Waals surface area (Å²) in [5.74, 6) is 0.497. The van der Waals surface area contributed by atoms with Crippen molar-refractivity contribution in [3.8, 4) is 5.69 Å². The Hall–Kier alpha value is -3.85. The zero-order valence-corrected chi connectivity index (χ0v) is 17.8. The fourth-order valence-electron chi connectivity index (χ4n) is 3.32. The van der Waals surface area contributed by atoms with Crippen molar-refractivity contribution >= 4 is 39.9 Å². The van der Waals surface area contributed by atoms with Gasteiger partial charge in [0.1, 0.15) is 5.82 Å². The lowest BCUT2D eigenvalue weighted by Gasteiger charge is -2.13. The summed E-state index contributed by atoms with van der Waals surface area (Å²) in [6.07, 6.45) is -4.57. The van der Waals surface area contributed by atoms with Gasteiger partial charge in [0.25, 0.3) is 5.56 Å². The number of amides is 2. The van der Waals surface area contributed by atoms with Crippen LogP contribution < -0.4 is 16.2 Å². The van der Waals surface area contributed by atoms with Crippen molar-refractivity contribution in [1.29, 1.82) is 0 Å². The average Bonchev–Trinajstić information content (AvgIpc) is 2.75. The summed E-state index contributed by atoms with van der Waals surface area (Å²) in [6.45, 7) is 1.71. The SMILES string of the molecule is Cc1nc2ccccc2c(=O)n1-c1ccc(NC(=O)Nc2cc(C(F)(F)F)ccc2Cl)cc1. The fraction of sp³-hybridized carbons (Fsp3) is 0.0870. The summed E-state index contributed by atoms with van der Waals surface area (Å²) in [6, 6.07) is 15.3. The molecule has 10 heteroatoms. The maximum absolute atomic E-state index is 12.9. The van der Waals surface area contributed by atoms with Crippen LogP contribution in [-0.4, -0.2) is 15.6 Å². The number of carbonyl (C=O) groups excluding carboxylic acids is 1. The van der Waals surface area contributed by atoms with E-state index in [-0.39, 0.29) is 16.3 Å². The number of carbonyl (C=O) groups is 1. The van der Waals surface area contributed by atoms with Crippen LogP contribution in [0.25, 0.3) is 16.6 Å². The minimum Gasteiger partial charge on any atom is -0.308 e. The molecule has 0 atom stereocenters. The minimum absolute atomic E-state index is 0.0350. The number of halogens is 4. The molecule has 0 saturated carbocycles. The van der Waals surface area contributed by atoms with Gasteiger partial charge in [-0.25, -0.2) is 9.78 Å². The lowest BCUT2D eigenvalue weighted by molar-refractivity contribution is -0.137. The number of rotatable bonds is 3. The summed E-state index contributed by atoms with van der Waals surface area (Å²) in [4.78, 5) is 29.6. The second kappa shape index (κ2) is 8.59. The second-order valence-electron chi connectivity index (χ2n) is 7.14. The number of benzene rings is 3. The Bertz CT molecular complexity index is 1420. The predicted octanol–water partition coefficient (Wildman–Crippen LogP) is 6.01. The highest BCUT2D eigenvalue weighted by atomic mass is 35.5. The molecule has 2 amide bonds. The molecule has 2 N–H and O–H groups in total. The van der Waals surface area contributed by atoms with E-state index in [1.54, 1.807) is 55.5 Å². The standard InChI is InChI=1S/C23H16ClF3N4O2/c1-13-28-19-5-3-2-4-17(19)21(32)31(13)16-9-7-15(8-10-16)29-22(33)30-20-12-14(23(25,26)27)6-11-18(20)24/h2-12H,1H3,(H2,29,30,33). The smallest absolute Gasteiger partial charge is 0.308 e. The first kappa shape index (κ1) is 22.3. The van der Waals surface area contributed by atoms with E-state index in [0.29, 0.717) is 28.1 Å². The Balaban J connectivity index is 1.54. The van der Waals surface area contributed by atoms with Gasteiger partial charge < -0.3 is 10.6 Å². The van der Waals surface area contributed by atoms with Crippen molar-refractivity contribution in [2.75, 3.05) is 10.6 Å². The van der Waals surface area contributed by atoms with Gasteiger partial charge in [-0.3, -0.25) is 9.36 Å². The lowest BCUT2D eigenvalue weighted by atomic mass is 10.2. The maximum Gasteiger partial charge on any atom is 0.416 e. The van der Waals surface area contributed by atoms with Crippen LogP contribution in [-0.2, 0) is 6.18 Å². The molecule has 0 aliphatic rings. The molecule has 1 aromatic heterocycles. The highest BCUT2D eigenvalue weighted by Crippen LogP contribution is 2.33. The van der Waals surface area contributed by atoms with Gasteiger partial charge in [-0.05, 0) is 61.5 Å². The van der Waals surface area contributed by atoms with Crippen LogP contribution in [0.1, 0.15) is 11.4 Å². The Labute approximate surface area is 190 Å². The summed E-state index contributed by atoms with van der Waals surface area (Å²) >= 11 is 5.90. The molecule has 0 aliphatic carbocycles. The van der Waals surface area contributed by atoms with Crippen LogP contribution in [0.5, 0.6) is 0 Å². The van der Waals surface area contributed by atoms with Crippen molar-refractivity contribution in [1.82, 2.24) is 9.55 Å². The van der Waals surface area contributed by atoms with Gasteiger partial charge in [-0.15, -0.1) is 0 Å². The summed E-state index contributed by atoms with van der Waals surface area (Å²) in [7, 11) is 0. The number of nitrogens with one attached hydrogen (secondary N) is 2. The first-order chi connectivity index (χ1) is 15.6. The summed E-state index contributed by atoms with van der Waals surface area (Å²) < 4.78 is 40.2. The van der Waals surface area contributed by atoms with Crippen molar-refractivity contribution in [3.05, 3.63) is 93.5 Å². The van der Waals surface area contributed by atoms with Crippen LogP contribution in [0.2, 0.25) is 5.02 Å². The monoisotopic (exact) mass is 472 g/mol. The van der Waals surface area contributed by atoms with E-state index in [4.69, 9.17) is 11.6 Å². The third-order valence-corrected chi connectivity index (χ3v) is 5.20. The van der Waals surface area contributed by atoms with Crippen molar-refractivity contribution in [2.45, 2.75) is 13.1 Å². The summed E-state index contributed by atoms with van der Waals surface area (Å²) in [5.41, 5.74) is 0.165. The number of aryl methyl sites for hydroxylation is 1. The largest absolute Gasteiger partial charge is 0.416 e. The highest BCUT2D eigenvalue weighted by molar-refractivity contribution is 6.33. The number of hydrogen-bond donors (Lipinski definition) is 2. The molecule has 1 heterocycles.